The summed E-state index contributed by atoms with van der Waals surface area (Å²) in [6.45, 7) is 3.53. The Bertz CT molecular complexity index is 229. The van der Waals surface area contributed by atoms with Crippen LogP contribution >= 0.6 is 11.6 Å². The topological polar surface area (TPSA) is 0 Å². The van der Waals surface area contributed by atoms with Gasteiger partial charge in [0.25, 0.3) is 0 Å². The molecule has 0 aliphatic heterocycles. The molecule has 0 fully saturated rings. The second-order valence-corrected chi connectivity index (χ2v) is 2.69. The molecule has 1 rings (SSSR count). The number of benzene rings is 1. The third kappa shape index (κ3) is 1.14. The lowest BCUT2D eigenvalue weighted by Crippen LogP contribution is -1.86. The van der Waals surface area contributed by atoms with Crippen molar-refractivity contribution >= 4 is 11.6 Å². The molecular weight excluding hydrogens is 151 g/mol. The first kappa shape index (κ1) is 7.55. The third-order valence-electron chi connectivity index (χ3n) is 1.65. The highest BCUT2D eigenvalue weighted by atomic mass is 35.5. The molecule has 0 unspecified atom stereocenters. The molecular formula is C8H8ClF. The Morgan fingerprint density at radius 2 is 1.80 bits per heavy atom. The van der Waals surface area contributed by atoms with Gasteiger partial charge in [-0.25, -0.2) is 4.39 Å². The lowest BCUT2D eigenvalue weighted by atomic mass is 10.1. The summed E-state index contributed by atoms with van der Waals surface area (Å²) >= 11 is 5.72. The summed E-state index contributed by atoms with van der Waals surface area (Å²) < 4.78 is 12.7. The molecule has 0 aromatic heterocycles. The van der Waals surface area contributed by atoms with Gasteiger partial charge in [-0.3, -0.25) is 0 Å². The summed E-state index contributed by atoms with van der Waals surface area (Å²) in [6.07, 6.45) is 0. The van der Waals surface area contributed by atoms with E-state index in [0.717, 1.165) is 5.56 Å². The van der Waals surface area contributed by atoms with Gasteiger partial charge in [0.2, 0.25) is 0 Å². The van der Waals surface area contributed by atoms with Gasteiger partial charge in [0.1, 0.15) is 5.82 Å². The van der Waals surface area contributed by atoms with Gasteiger partial charge in [-0.2, -0.15) is 0 Å². The van der Waals surface area contributed by atoms with Crippen molar-refractivity contribution in [3.8, 4) is 0 Å². The summed E-state index contributed by atoms with van der Waals surface area (Å²) in [5.41, 5.74) is 1.45. The smallest absolute Gasteiger partial charge is 0.126 e. The first-order valence-corrected chi connectivity index (χ1v) is 3.42. The standard InChI is InChI=1S/C8H8ClF/c1-5-6(2)8(10)4-3-7(5)9/h3-4H,1-2H3. The molecule has 0 heterocycles. The number of hydrogen-bond acceptors (Lipinski definition) is 0. The predicted molar refractivity (Wildman–Crippen MR) is 40.9 cm³/mol. The van der Waals surface area contributed by atoms with E-state index in [1.165, 1.54) is 6.07 Å². The van der Waals surface area contributed by atoms with Crippen LogP contribution in [0.2, 0.25) is 5.02 Å². The summed E-state index contributed by atoms with van der Waals surface area (Å²) in [5, 5.41) is 0.624. The van der Waals surface area contributed by atoms with Crippen molar-refractivity contribution in [1.82, 2.24) is 0 Å². The van der Waals surface area contributed by atoms with E-state index in [0.29, 0.717) is 10.6 Å². The highest BCUT2D eigenvalue weighted by Crippen LogP contribution is 2.20. The van der Waals surface area contributed by atoms with E-state index >= 15 is 0 Å². The van der Waals surface area contributed by atoms with Crippen LogP contribution in [0.3, 0.4) is 0 Å². The molecule has 0 bridgehead atoms. The molecule has 0 nitrogen and oxygen atoms in total. The van der Waals surface area contributed by atoms with E-state index in [1.807, 2.05) is 0 Å². The average Bonchev–Trinajstić information content (AvgIpc) is 1.93. The third-order valence-corrected chi connectivity index (χ3v) is 2.06. The van der Waals surface area contributed by atoms with Gasteiger partial charge in [-0.1, -0.05) is 11.6 Å². The molecule has 0 aliphatic carbocycles. The monoisotopic (exact) mass is 158 g/mol. The largest absolute Gasteiger partial charge is 0.207 e. The van der Waals surface area contributed by atoms with Gasteiger partial charge in [0.05, 0.1) is 0 Å². The van der Waals surface area contributed by atoms with Crippen molar-refractivity contribution in [2.75, 3.05) is 0 Å². The fourth-order valence-corrected chi connectivity index (χ4v) is 0.959. The maximum absolute atomic E-state index is 12.7. The summed E-state index contributed by atoms with van der Waals surface area (Å²) in [7, 11) is 0. The Kier molecular flexibility index (Phi) is 1.95. The minimum absolute atomic E-state index is 0.193. The zero-order valence-electron chi connectivity index (χ0n) is 5.91. The van der Waals surface area contributed by atoms with Crippen LogP contribution in [0, 0.1) is 19.7 Å². The van der Waals surface area contributed by atoms with E-state index in [1.54, 1.807) is 19.9 Å². The van der Waals surface area contributed by atoms with Crippen LogP contribution in [0.1, 0.15) is 11.1 Å². The van der Waals surface area contributed by atoms with Crippen LogP contribution in [0.5, 0.6) is 0 Å². The fraction of sp³-hybridized carbons (Fsp3) is 0.250. The normalized spacial score (nSPS) is 10.0. The van der Waals surface area contributed by atoms with Crippen LogP contribution in [0.4, 0.5) is 4.39 Å². The van der Waals surface area contributed by atoms with Crippen LogP contribution in [-0.4, -0.2) is 0 Å². The Balaban J connectivity index is 3.34. The predicted octanol–water partition coefficient (Wildman–Crippen LogP) is 3.10. The molecule has 1 aromatic rings. The van der Waals surface area contributed by atoms with Gasteiger partial charge in [0, 0.05) is 5.02 Å². The summed E-state index contributed by atoms with van der Waals surface area (Å²) in [4.78, 5) is 0. The van der Waals surface area contributed by atoms with E-state index in [2.05, 4.69) is 0 Å². The van der Waals surface area contributed by atoms with Gasteiger partial charge >= 0.3 is 0 Å². The van der Waals surface area contributed by atoms with Crippen molar-refractivity contribution in [3.05, 3.63) is 34.1 Å². The molecule has 0 saturated carbocycles. The molecule has 0 spiro atoms. The molecule has 0 amide bonds. The van der Waals surface area contributed by atoms with Crippen molar-refractivity contribution in [3.63, 3.8) is 0 Å². The first-order valence-electron chi connectivity index (χ1n) is 3.04. The highest BCUT2D eigenvalue weighted by molar-refractivity contribution is 6.31. The van der Waals surface area contributed by atoms with Crippen LogP contribution in [-0.2, 0) is 0 Å². The van der Waals surface area contributed by atoms with Crippen molar-refractivity contribution in [2.24, 2.45) is 0 Å². The van der Waals surface area contributed by atoms with Crippen molar-refractivity contribution < 1.29 is 4.39 Å². The van der Waals surface area contributed by atoms with Gasteiger partial charge in [-0.15, -0.1) is 0 Å². The van der Waals surface area contributed by atoms with Gasteiger partial charge in [0.15, 0.2) is 0 Å². The van der Waals surface area contributed by atoms with Crippen LogP contribution in [0.15, 0.2) is 12.1 Å². The second kappa shape index (κ2) is 2.59. The van der Waals surface area contributed by atoms with Crippen LogP contribution in [0.25, 0.3) is 0 Å². The van der Waals surface area contributed by atoms with Gasteiger partial charge in [-0.05, 0) is 37.1 Å². The van der Waals surface area contributed by atoms with E-state index in [4.69, 9.17) is 11.6 Å². The second-order valence-electron chi connectivity index (χ2n) is 2.28. The van der Waals surface area contributed by atoms with E-state index < -0.39 is 0 Å². The molecule has 0 atom stereocenters. The zero-order valence-corrected chi connectivity index (χ0v) is 6.67. The van der Waals surface area contributed by atoms with Crippen molar-refractivity contribution in [1.29, 1.82) is 0 Å². The Hall–Kier alpha value is -0.560. The van der Waals surface area contributed by atoms with Crippen LogP contribution < -0.4 is 0 Å². The maximum Gasteiger partial charge on any atom is 0.126 e. The fourth-order valence-electron chi connectivity index (χ4n) is 0.755. The molecule has 0 aliphatic rings. The minimum atomic E-state index is -0.193. The van der Waals surface area contributed by atoms with Gasteiger partial charge < -0.3 is 0 Å². The van der Waals surface area contributed by atoms with E-state index in [9.17, 15) is 4.39 Å². The minimum Gasteiger partial charge on any atom is -0.207 e. The summed E-state index contributed by atoms with van der Waals surface area (Å²) in [6, 6.07) is 2.95. The number of halogens is 2. The molecule has 0 saturated heterocycles. The molecule has 1 aromatic carbocycles. The molecule has 0 N–H and O–H groups in total. The summed E-state index contributed by atoms with van der Waals surface area (Å²) in [5.74, 6) is -0.193. The average molecular weight is 159 g/mol. The maximum atomic E-state index is 12.7. The lowest BCUT2D eigenvalue weighted by Gasteiger charge is -2.01. The number of hydrogen-bond donors (Lipinski definition) is 0. The quantitative estimate of drug-likeness (QED) is 0.544. The molecule has 54 valence electrons. The SMILES string of the molecule is Cc1c(F)ccc(Cl)c1C. The first-order chi connectivity index (χ1) is 4.63. The van der Waals surface area contributed by atoms with Crippen molar-refractivity contribution in [2.45, 2.75) is 13.8 Å². The lowest BCUT2D eigenvalue weighted by molar-refractivity contribution is 0.617. The Labute approximate surface area is 64.6 Å². The molecule has 2 heteroatoms. The highest BCUT2D eigenvalue weighted by Gasteiger charge is 2.02. The van der Waals surface area contributed by atoms with E-state index in [-0.39, 0.29) is 5.82 Å². The zero-order chi connectivity index (χ0) is 7.72. The number of rotatable bonds is 0. The Morgan fingerprint density at radius 3 is 2.30 bits per heavy atom. The Morgan fingerprint density at radius 1 is 1.20 bits per heavy atom. The molecule has 10 heavy (non-hydrogen) atoms. The molecule has 0 radical (unpaired) electrons.